The zero-order chi connectivity index (χ0) is 14.6. The third-order valence-electron chi connectivity index (χ3n) is 4.60. The number of hydrogen-bond donors (Lipinski definition) is 2. The Kier molecular flexibility index (Phi) is 4.86. The van der Waals surface area contributed by atoms with Crippen LogP contribution in [0.15, 0.2) is 17.5 Å². The molecular weight excluding hydrogens is 268 g/mol. The minimum atomic E-state index is -0.156. The molecule has 0 aromatic carbocycles. The molecule has 0 spiro atoms. The molecule has 0 unspecified atom stereocenters. The van der Waals surface area contributed by atoms with Crippen LogP contribution >= 0.6 is 11.3 Å². The Morgan fingerprint density at radius 2 is 2.15 bits per heavy atom. The summed E-state index contributed by atoms with van der Waals surface area (Å²) in [6, 6.07) is 4.22. The summed E-state index contributed by atoms with van der Waals surface area (Å²) in [5.74, 6) is 0.242. The predicted molar refractivity (Wildman–Crippen MR) is 85.2 cm³/mol. The summed E-state index contributed by atoms with van der Waals surface area (Å²) < 4.78 is 0. The molecule has 1 fully saturated rings. The standard InChI is InChI=1S/C16H26N2OS/c1-4-16(7-9-17-10-8-16)14(19)18-12-15(2,3)13-6-5-11-20-13/h5-6,11,17H,4,7-10,12H2,1-3H3,(H,18,19). The van der Waals surface area contributed by atoms with Crippen molar-refractivity contribution < 1.29 is 4.79 Å². The van der Waals surface area contributed by atoms with E-state index in [1.807, 2.05) is 0 Å². The van der Waals surface area contributed by atoms with Crippen LogP contribution in [0.3, 0.4) is 0 Å². The molecule has 2 N–H and O–H groups in total. The van der Waals surface area contributed by atoms with Crippen LogP contribution in [-0.2, 0) is 10.2 Å². The van der Waals surface area contributed by atoms with Crippen molar-refractivity contribution in [1.82, 2.24) is 10.6 Å². The lowest BCUT2D eigenvalue weighted by Crippen LogP contribution is -2.49. The van der Waals surface area contributed by atoms with Crippen molar-refractivity contribution in [2.24, 2.45) is 5.41 Å². The number of rotatable bonds is 5. The van der Waals surface area contributed by atoms with Gasteiger partial charge in [-0.05, 0) is 43.8 Å². The molecule has 0 atom stereocenters. The average molecular weight is 294 g/mol. The maximum absolute atomic E-state index is 12.6. The van der Waals surface area contributed by atoms with E-state index in [4.69, 9.17) is 0 Å². The van der Waals surface area contributed by atoms with E-state index in [0.29, 0.717) is 6.54 Å². The van der Waals surface area contributed by atoms with E-state index in [-0.39, 0.29) is 16.7 Å². The Hall–Kier alpha value is -0.870. The molecule has 1 aliphatic rings. The molecule has 1 amide bonds. The van der Waals surface area contributed by atoms with Gasteiger partial charge < -0.3 is 10.6 Å². The number of carbonyl (C=O) groups excluding carboxylic acids is 1. The lowest BCUT2D eigenvalue weighted by molar-refractivity contribution is -0.133. The highest BCUT2D eigenvalue weighted by Gasteiger charge is 2.38. The summed E-state index contributed by atoms with van der Waals surface area (Å²) in [6.07, 6.45) is 2.84. The molecule has 20 heavy (non-hydrogen) atoms. The maximum Gasteiger partial charge on any atom is 0.226 e. The molecule has 1 saturated heterocycles. The van der Waals surface area contributed by atoms with Gasteiger partial charge in [-0.3, -0.25) is 4.79 Å². The first-order valence-corrected chi connectivity index (χ1v) is 8.41. The Balaban J connectivity index is 1.97. The normalized spacial score (nSPS) is 18.8. The van der Waals surface area contributed by atoms with Gasteiger partial charge in [-0.25, -0.2) is 0 Å². The van der Waals surface area contributed by atoms with Crippen molar-refractivity contribution in [3.05, 3.63) is 22.4 Å². The molecule has 0 radical (unpaired) electrons. The average Bonchev–Trinajstić information content (AvgIpc) is 3.00. The van der Waals surface area contributed by atoms with Crippen molar-refractivity contribution in [2.45, 2.75) is 45.4 Å². The lowest BCUT2D eigenvalue weighted by Gasteiger charge is -2.36. The highest BCUT2D eigenvalue weighted by Crippen LogP contribution is 2.33. The van der Waals surface area contributed by atoms with E-state index in [9.17, 15) is 4.79 Å². The molecule has 2 heterocycles. The maximum atomic E-state index is 12.6. The van der Waals surface area contributed by atoms with Gasteiger partial charge in [0.1, 0.15) is 0 Å². The van der Waals surface area contributed by atoms with E-state index < -0.39 is 0 Å². The summed E-state index contributed by atoms with van der Waals surface area (Å²) in [4.78, 5) is 14.0. The Labute approximate surface area is 126 Å². The second-order valence-corrected chi connectivity index (χ2v) is 7.38. The van der Waals surface area contributed by atoms with Crippen LogP contribution < -0.4 is 10.6 Å². The van der Waals surface area contributed by atoms with Gasteiger partial charge in [-0.15, -0.1) is 11.3 Å². The molecule has 3 nitrogen and oxygen atoms in total. The summed E-state index contributed by atoms with van der Waals surface area (Å²) in [6.45, 7) is 9.14. The number of thiophene rings is 1. The van der Waals surface area contributed by atoms with Gasteiger partial charge in [0.15, 0.2) is 0 Å². The number of amides is 1. The molecule has 1 aromatic rings. The smallest absolute Gasteiger partial charge is 0.226 e. The third kappa shape index (κ3) is 3.23. The first-order valence-electron chi connectivity index (χ1n) is 7.53. The SMILES string of the molecule is CCC1(C(=O)NCC(C)(C)c2cccs2)CCNCC1. The fourth-order valence-corrected chi connectivity index (χ4v) is 3.74. The molecule has 1 aliphatic heterocycles. The van der Waals surface area contributed by atoms with Crippen LogP contribution in [0.2, 0.25) is 0 Å². The monoisotopic (exact) mass is 294 g/mol. The molecular formula is C16H26N2OS. The van der Waals surface area contributed by atoms with E-state index in [1.54, 1.807) is 11.3 Å². The van der Waals surface area contributed by atoms with Crippen LogP contribution in [0.1, 0.15) is 44.9 Å². The minimum absolute atomic E-state index is 0.00563. The largest absolute Gasteiger partial charge is 0.355 e. The first-order chi connectivity index (χ1) is 9.50. The highest BCUT2D eigenvalue weighted by atomic mass is 32.1. The fraction of sp³-hybridized carbons (Fsp3) is 0.688. The van der Waals surface area contributed by atoms with Crippen LogP contribution in [0.4, 0.5) is 0 Å². The first kappa shape index (κ1) is 15.5. The van der Waals surface area contributed by atoms with E-state index in [1.165, 1.54) is 4.88 Å². The number of carbonyl (C=O) groups is 1. The summed E-state index contributed by atoms with van der Waals surface area (Å²) in [7, 11) is 0. The zero-order valence-electron chi connectivity index (χ0n) is 12.8. The lowest BCUT2D eigenvalue weighted by atomic mass is 9.75. The molecule has 0 bridgehead atoms. The van der Waals surface area contributed by atoms with Crippen LogP contribution in [0.25, 0.3) is 0 Å². The van der Waals surface area contributed by atoms with Crippen LogP contribution in [-0.4, -0.2) is 25.5 Å². The van der Waals surface area contributed by atoms with E-state index in [2.05, 4.69) is 48.9 Å². The second-order valence-electron chi connectivity index (χ2n) is 6.43. The second kappa shape index (κ2) is 6.27. The van der Waals surface area contributed by atoms with Crippen LogP contribution in [0, 0.1) is 5.41 Å². The van der Waals surface area contributed by atoms with Gasteiger partial charge in [0, 0.05) is 16.8 Å². The van der Waals surface area contributed by atoms with Gasteiger partial charge in [-0.2, -0.15) is 0 Å². The molecule has 112 valence electrons. The van der Waals surface area contributed by atoms with Crippen molar-refractivity contribution in [3.8, 4) is 0 Å². The van der Waals surface area contributed by atoms with Gasteiger partial charge >= 0.3 is 0 Å². The number of nitrogens with one attached hydrogen (secondary N) is 2. The third-order valence-corrected chi connectivity index (χ3v) is 5.83. The quantitative estimate of drug-likeness (QED) is 0.876. The molecule has 4 heteroatoms. The topological polar surface area (TPSA) is 41.1 Å². The van der Waals surface area contributed by atoms with Crippen molar-refractivity contribution in [2.75, 3.05) is 19.6 Å². The predicted octanol–water partition coefficient (Wildman–Crippen LogP) is 2.92. The van der Waals surface area contributed by atoms with Crippen molar-refractivity contribution >= 4 is 17.2 Å². The van der Waals surface area contributed by atoms with Gasteiger partial charge in [-0.1, -0.05) is 26.8 Å². The summed E-state index contributed by atoms with van der Waals surface area (Å²) in [5, 5.41) is 8.65. The highest BCUT2D eigenvalue weighted by molar-refractivity contribution is 7.10. The van der Waals surface area contributed by atoms with E-state index in [0.717, 1.165) is 32.4 Å². The van der Waals surface area contributed by atoms with Gasteiger partial charge in [0.25, 0.3) is 0 Å². The molecule has 0 aliphatic carbocycles. The molecule has 1 aromatic heterocycles. The van der Waals surface area contributed by atoms with Crippen molar-refractivity contribution in [3.63, 3.8) is 0 Å². The van der Waals surface area contributed by atoms with Crippen LogP contribution in [0.5, 0.6) is 0 Å². The summed E-state index contributed by atoms with van der Waals surface area (Å²) in [5.41, 5.74) is -0.150. The Morgan fingerprint density at radius 3 is 2.70 bits per heavy atom. The zero-order valence-corrected chi connectivity index (χ0v) is 13.6. The van der Waals surface area contributed by atoms with Crippen molar-refractivity contribution in [1.29, 1.82) is 0 Å². The Morgan fingerprint density at radius 1 is 1.45 bits per heavy atom. The van der Waals surface area contributed by atoms with E-state index >= 15 is 0 Å². The minimum Gasteiger partial charge on any atom is -0.355 e. The van der Waals surface area contributed by atoms with Gasteiger partial charge in [0.05, 0.1) is 5.41 Å². The van der Waals surface area contributed by atoms with Gasteiger partial charge in [0.2, 0.25) is 5.91 Å². The summed E-state index contributed by atoms with van der Waals surface area (Å²) >= 11 is 1.76. The number of hydrogen-bond acceptors (Lipinski definition) is 3. The fourth-order valence-electron chi connectivity index (χ4n) is 2.89. The molecule has 0 saturated carbocycles. The molecule has 2 rings (SSSR count). The number of piperidine rings is 1. The Bertz CT molecular complexity index is 433.